The second-order valence-corrected chi connectivity index (χ2v) is 8.20. The fraction of sp³-hybridized carbons (Fsp3) is 1.00. The molecule has 114 valence electrons. The summed E-state index contributed by atoms with van der Waals surface area (Å²) in [6, 6.07) is 1.37. The first-order valence-corrected chi connectivity index (χ1v) is 8.12. The molecular formula is C17H36N2. The van der Waals surface area contributed by atoms with E-state index in [0.29, 0.717) is 18.0 Å². The van der Waals surface area contributed by atoms with Crippen LogP contribution in [-0.2, 0) is 0 Å². The van der Waals surface area contributed by atoms with Crippen LogP contribution in [0.4, 0.5) is 0 Å². The lowest BCUT2D eigenvalue weighted by molar-refractivity contribution is 0.0203. The summed E-state index contributed by atoms with van der Waals surface area (Å²) in [6.45, 7) is 21.1. The maximum absolute atomic E-state index is 3.71. The second kappa shape index (κ2) is 6.58. The van der Waals surface area contributed by atoms with Gasteiger partial charge in [-0.25, -0.2) is 0 Å². The van der Waals surface area contributed by atoms with Crippen molar-refractivity contribution in [3.63, 3.8) is 0 Å². The standard InChI is InChI=1S/C17H36N2/c1-12(2)16(10-18-17(6,7)8)19-11-13(3)9-14(4)15(19)5/h12-16,18H,9-11H2,1-8H3. The maximum atomic E-state index is 3.71. The molecule has 0 aromatic heterocycles. The number of likely N-dealkylation sites (tertiary alicyclic amines) is 1. The minimum Gasteiger partial charge on any atom is -0.311 e. The fourth-order valence-corrected chi connectivity index (χ4v) is 3.34. The second-order valence-electron chi connectivity index (χ2n) is 8.20. The number of piperidine rings is 1. The van der Waals surface area contributed by atoms with Crippen molar-refractivity contribution in [2.24, 2.45) is 17.8 Å². The van der Waals surface area contributed by atoms with E-state index in [1.807, 2.05) is 0 Å². The molecule has 0 bridgehead atoms. The molecule has 0 saturated carbocycles. The van der Waals surface area contributed by atoms with Gasteiger partial charge in [0.05, 0.1) is 0 Å². The van der Waals surface area contributed by atoms with Crippen LogP contribution >= 0.6 is 0 Å². The highest BCUT2D eigenvalue weighted by molar-refractivity contribution is 4.89. The zero-order chi connectivity index (χ0) is 14.8. The molecule has 4 unspecified atom stereocenters. The topological polar surface area (TPSA) is 15.3 Å². The molecular weight excluding hydrogens is 232 g/mol. The number of rotatable bonds is 4. The Morgan fingerprint density at radius 1 is 1.16 bits per heavy atom. The highest BCUT2D eigenvalue weighted by Crippen LogP contribution is 2.30. The molecule has 1 fully saturated rings. The predicted molar refractivity (Wildman–Crippen MR) is 85.5 cm³/mol. The van der Waals surface area contributed by atoms with Gasteiger partial charge in [0.1, 0.15) is 0 Å². The maximum Gasteiger partial charge on any atom is 0.0246 e. The van der Waals surface area contributed by atoms with E-state index in [-0.39, 0.29) is 5.54 Å². The van der Waals surface area contributed by atoms with Crippen LogP contribution in [0.3, 0.4) is 0 Å². The lowest BCUT2D eigenvalue weighted by Crippen LogP contribution is -2.57. The van der Waals surface area contributed by atoms with Gasteiger partial charge >= 0.3 is 0 Å². The van der Waals surface area contributed by atoms with Crippen molar-refractivity contribution in [1.29, 1.82) is 0 Å². The molecule has 1 rings (SSSR count). The summed E-state index contributed by atoms with van der Waals surface area (Å²) in [5.74, 6) is 2.36. The molecule has 0 amide bonds. The minimum atomic E-state index is 0.212. The third kappa shape index (κ3) is 5.07. The summed E-state index contributed by atoms with van der Waals surface area (Å²) in [7, 11) is 0. The zero-order valence-corrected chi connectivity index (χ0v) is 14.5. The first kappa shape index (κ1) is 17.0. The average molecular weight is 268 g/mol. The fourth-order valence-electron chi connectivity index (χ4n) is 3.34. The number of nitrogens with one attached hydrogen (secondary N) is 1. The van der Waals surface area contributed by atoms with Gasteiger partial charge in [-0.15, -0.1) is 0 Å². The molecule has 0 spiro atoms. The van der Waals surface area contributed by atoms with Gasteiger partial charge in [0, 0.05) is 30.7 Å². The molecule has 1 aliphatic heterocycles. The molecule has 2 nitrogen and oxygen atoms in total. The van der Waals surface area contributed by atoms with Gasteiger partial charge < -0.3 is 5.32 Å². The van der Waals surface area contributed by atoms with E-state index in [4.69, 9.17) is 0 Å². The van der Waals surface area contributed by atoms with Crippen molar-refractivity contribution in [2.75, 3.05) is 13.1 Å². The number of hydrogen-bond donors (Lipinski definition) is 1. The van der Waals surface area contributed by atoms with Gasteiger partial charge in [-0.05, 0) is 51.9 Å². The normalized spacial score (nSPS) is 31.7. The Labute approximate surface area is 121 Å². The summed E-state index contributed by atoms with van der Waals surface area (Å²) in [5, 5.41) is 3.71. The van der Waals surface area contributed by atoms with E-state index in [2.05, 4.69) is 65.6 Å². The summed E-state index contributed by atoms with van der Waals surface area (Å²) in [5.41, 5.74) is 0.212. The number of nitrogens with zero attached hydrogens (tertiary/aromatic N) is 1. The quantitative estimate of drug-likeness (QED) is 0.835. The van der Waals surface area contributed by atoms with Crippen molar-refractivity contribution in [1.82, 2.24) is 10.2 Å². The minimum absolute atomic E-state index is 0.212. The van der Waals surface area contributed by atoms with Gasteiger partial charge in [0.2, 0.25) is 0 Å². The molecule has 1 N–H and O–H groups in total. The van der Waals surface area contributed by atoms with Gasteiger partial charge in [-0.1, -0.05) is 27.7 Å². The summed E-state index contributed by atoms with van der Waals surface area (Å²) < 4.78 is 0. The Kier molecular flexibility index (Phi) is 5.88. The number of hydrogen-bond acceptors (Lipinski definition) is 2. The van der Waals surface area contributed by atoms with Crippen molar-refractivity contribution in [3.05, 3.63) is 0 Å². The molecule has 2 heteroatoms. The van der Waals surface area contributed by atoms with Gasteiger partial charge in [-0.3, -0.25) is 4.90 Å². The SMILES string of the molecule is CC1CC(C)C(C)N(C(CNC(C)(C)C)C(C)C)C1. The van der Waals surface area contributed by atoms with Crippen LogP contribution in [-0.4, -0.2) is 35.6 Å². The van der Waals surface area contributed by atoms with E-state index < -0.39 is 0 Å². The van der Waals surface area contributed by atoms with E-state index >= 15 is 0 Å². The summed E-state index contributed by atoms with van der Waals surface area (Å²) in [4.78, 5) is 2.77. The van der Waals surface area contributed by atoms with E-state index in [1.165, 1.54) is 13.0 Å². The van der Waals surface area contributed by atoms with E-state index in [1.54, 1.807) is 0 Å². The highest BCUT2D eigenvalue weighted by Gasteiger charge is 2.34. The molecule has 1 saturated heterocycles. The predicted octanol–water partition coefficient (Wildman–Crippen LogP) is 3.77. The van der Waals surface area contributed by atoms with Crippen molar-refractivity contribution in [2.45, 2.75) is 79.4 Å². The Balaban J connectivity index is 2.74. The van der Waals surface area contributed by atoms with Crippen LogP contribution in [0.25, 0.3) is 0 Å². The summed E-state index contributed by atoms with van der Waals surface area (Å²) in [6.07, 6.45) is 1.38. The Morgan fingerprint density at radius 2 is 1.74 bits per heavy atom. The van der Waals surface area contributed by atoms with Crippen LogP contribution in [0, 0.1) is 17.8 Å². The van der Waals surface area contributed by atoms with Crippen LogP contribution in [0.5, 0.6) is 0 Å². The third-order valence-electron chi connectivity index (χ3n) is 4.68. The molecule has 0 radical (unpaired) electrons. The molecule has 1 heterocycles. The van der Waals surface area contributed by atoms with Crippen LogP contribution in [0.1, 0.15) is 61.8 Å². The van der Waals surface area contributed by atoms with Crippen LogP contribution in [0.2, 0.25) is 0 Å². The highest BCUT2D eigenvalue weighted by atomic mass is 15.2. The lowest BCUT2D eigenvalue weighted by atomic mass is 9.83. The molecule has 19 heavy (non-hydrogen) atoms. The Morgan fingerprint density at radius 3 is 2.21 bits per heavy atom. The first-order valence-electron chi connectivity index (χ1n) is 8.12. The van der Waals surface area contributed by atoms with Gasteiger partial charge in [0.25, 0.3) is 0 Å². The first-order chi connectivity index (χ1) is 8.61. The smallest absolute Gasteiger partial charge is 0.0246 e. The van der Waals surface area contributed by atoms with Crippen molar-refractivity contribution < 1.29 is 0 Å². The van der Waals surface area contributed by atoms with Gasteiger partial charge in [0.15, 0.2) is 0 Å². The largest absolute Gasteiger partial charge is 0.311 e. The van der Waals surface area contributed by atoms with Crippen LogP contribution < -0.4 is 5.32 Å². The molecule has 0 aliphatic carbocycles. The van der Waals surface area contributed by atoms with Crippen molar-refractivity contribution >= 4 is 0 Å². The van der Waals surface area contributed by atoms with Crippen LogP contribution in [0.15, 0.2) is 0 Å². The lowest BCUT2D eigenvalue weighted by Gasteiger charge is -2.47. The molecule has 4 atom stereocenters. The van der Waals surface area contributed by atoms with Crippen molar-refractivity contribution in [3.8, 4) is 0 Å². The molecule has 1 aliphatic rings. The molecule has 0 aromatic rings. The van der Waals surface area contributed by atoms with Gasteiger partial charge in [-0.2, -0.15) is 0 Å². The Bertz CT molecular complexity index is 267. The average Bonchev–Trinajstić information content (AvgIpc) is 2.22. The molecule has 0 aromatic carbocycles. The Hall–Kier alpha value is -0.0800. The monoisotopic (exact) mass is 268 g/mol. The summed E-state index contributed by atoms with van der Waals surface area (Å²) >= 11 is 0. The zero-order valence-electron chi connectivity index (χ0n) is 14.5. The third-order valence-corrected chi connectivity index (χ3v) is 4.68. The van der Waals surface area contributed by atoms with E-state index in [0.717, 1.165) is 18.4 Å². The van der Waals surface area contributed by atoms with E-state index in [9.17, 15) is 0 Å².